The molecule has 0 radical (unpaired) electrons. The molecule has 0 bridgehead atoms. The summed E-state index contributed by atoms with van der Waals surface area (Å²) in [4.78, 5) is 22.9. The molecule has 1 aromatic heterocycles. The number of aliphatic carboxylic acids is 1. The van der Waals surface area contributed by atoms with Crippen molar-refractivity contribution in [3.8, 4) is 0 Å². The van der Waals surface area contributed by atoms with Crippen molar-refractivity contribution in [3.05, 3.63) is 59.5 Å². The van der Waals surface area contributed by atoms with Crippen LogP contribution in [0.1, 0.15) is 34.7 Å². The fraction of sp³-hybridized carbons (Fsp3) is 0.294. The molecule has 0 spiro atoms. The molecule has 0 aliphatic carbocycles. The third kappa shape index (κ3) is 4.77. The van der Waals surface area contributed by atoms with Crippen LogP contribution in [0.5, 0.6) is 0 Å². The minimum absolute atomic E-state index is 0.00889. The van der Waals surface area contributed by atoms with Gasteiger partial charge in [0, 0.05) is 12.5 Å². The zero-order valence-corrected chi connectivity index (χ0v) is 12.4. The van der Waals surface area contributed by atoms with E-state index in [2.05, 4.69) is 5.32 Å². The molecule has 116 valence electrons. The molecular weight excluding hydrogens is 282 g/mol. The fourth-order valence-electron chi connectivity index (χ4n) is 2.23. The molecule has 0 aliphatic rings. The van der Waals surface area contributed by atoms with Gasteiger partial charge in [-0.05, 0) is 37.5 Å². The number of nitrogens with one attached hydrogen (secondary N) is 1. The van der Waals surface area contributed by atoms with Gasteiger partial charge >= 0.3 is 5.97 Å². The maximum atomic E-state index is 12.2. The van der Waals surface area contributed by atoms with Crippen LogP contribution in [0.4, 0.5) is 0 Å². The van der Waals surface area contributed by atoms with Gasteiger partial charge in [-0.2, -0.15) is 0 Å². The molecule has 2 rings (SSSR count). The van der Waals surface area contributed by atoms with Crippen LogP contribution in [-0.2, 0) is 11.2 Å². The number of carbonyl (C=O) groups excluding carboxylic acids is 1. The number of furan rings is 1. The smallest absolute Gasteiger partial charge is 0.303 e. The molecule has 1 atom stereocenters. The summed E-state index contributed by atoms with van der Waals surface area (Å²) in [7, 11) is 0. The molecular formula is C17H19NO4. The van der Waals surface area contributed by atoms with E-state index in [1.165, 1.54) is 0 Å². The van der Waals surface area contributed by atoms with Crippen molar-refractivity contribution in [3.63, 3.8) is 0 Å². The number of rotatable bonds is 7. The molecule has 0 aliphatic heterocycles. The van der Waals surface area contributed by atoms with Gasteiger partial charge in [-0.15, -0.1) is 0 Å². The topological polar surface area (TPSA) is 79.5 Å². The number of hydrogen-bond acceptors (Lipinski definition) is 3. The van der Waals surface area contributed by atoms with Crippen LogP contribution in [0.25, 0.3) is 0 Å². The van der Waals surface area contributed by atoms with E-state index < -0.39 is 5.97 Å². The zero-order valence-electron chi connectivity index (χ0n) is 12.4. The quantitative estimate of drug-likeness (QED) is 0.824. The summed E-state index contributed by atoms with van der Waals surface area (Å²) in [5.41, 5.74) is 1.05. The van der Waals surface area contributed by atoms with Gasteiger partial charge < -0.3 is 14.8 Å². The molecule has 1 unspecified atom stereocenters. The lowest BCUT2D eigenvalue weighted by Gasteiger charge is -2.17. The Morgan fingerprint density at radius 1 is 1.18 bits per heavy atom. The van der Waals surface area contributed by atoms with E-state index in [4.69, 9.17) is 9.52 Å². The maximum Gasteiger partial charge on any atom is 0.303 e. The summed E-state index contributed by atoms with van der Waals surface area (Å²) in [6.07, 6.45) is 0.962. The summed E-state index contributed by atoms with van der Waals surface area (Å²) in [5.74, 6) is -0.290. The molecule has 0 fully saturated rings. The normalized spacial score (nSPS) is 11.9. The molecule has 0 saturated heterocycles. The Balaban J connectivity index is 2.03. The van der Waals surface area contributed by atoms with Crippen molar-refractivity contribution >= 4 is 11.9 Å². The molecule has 1 heterocycles. The summed E-state index contributed by atoms with van der Waals surface area (Å²) >= 11 is 0. The molecule has 5 nitrogen and oxygen atoms in total. The Kier molecular flexibility index (Phi) is 5.36. The number of amides is 1. The standard InChI is InChI=1S/C17H19NO4/c1-12-7-9-15(22-12)17(21)18-14(8-10-16(19)20)11-13-5-3-2-4-6-13/h2-7,9,14H,8,10-11H2,1H3,(H,18,21)(H,19,20). The Morgan fingerprint density at radius 2 is 1.91 bits per heavy atom. The summed E-state index contributed by atoms with van der Waals surface area (Å²) in [5, 5.41) is 11.7. The first-order valence-electron chi connectivity index (χ1n) is 7.17. The average molecular weight is 301 g/mol. The lowest BCUT2D eigenvalue weighted by Crippen LogP contribution is -2.36. The summed E-state index contributed by atoms with van der Waals surface area (Å²) < 4.78 is 5.29. The maximum absolute atomic E-state index is 12.2. The van der Waals surface area contributed by atoms with Crippen molar-refractivity contribution in [2.45, 2.75) is 32.2 Å². The Morgan fingerprint density at radius 3 is 2.50 bits per heavy atom. The second kappa shape index (κ2) is 7.45. The highest BCUT2D eigenvalue weighted by Gasteiger charge is 2.17. The number of carbonyl (C=O) groups is 2. The van der Waals surface area contributed by atoms with E-state index in [0.717, 1.165) is 5.56 Å². The number of hydrogen-bond donors (Lipinski definition) is 2. The van der Waals surface area contributed by atoms with E-state index in [-0.39, 0.29) is 24.1 Å². The second-order valence-corrected chi connectivity index (χ2v) is 5.20. The largest absolute Gasteiger partial charge is 0.481 e. The number of aryl methyl sites for hydroxylation is 1. The minimum Gasteiger partial charge on any atom is -0.481 e. The van der Waals surface area contributed by atoms with Crippen molar-refractivity contribution in [1.29, 1.82) is 0 Å². The molecule has 1 amide bonds. The minimum atomic E-state index is -0.874. The Hall–Kier alpha value is -2.56. The number of carboxylic acids is 1. The van der Waals surface area contributed by atoms with Crippen molar-refractivity contribution in [2.24, 2.45) is 0 Å². The van der Waals surface area contributed by atoms with Crippen molar-refractivity contribution in [1.82, 2.24) is 5.32 Å². The van der Waals surface area contributed by atoms with Crippen LogP contribution in [0, 0.1) is 6.92 Å². The molecule has 2 aromatic rings. The molecule has 2 N–H and O–H groups in total. The summed E-state index contributed by atoms with van der Waals surface area (Å²) in [6, 6.07) is 12.7. The third-order valence-corrected chi connectivity index (χ3v) is 3.33. The van der Waals surface area contributed by atoms with Crippen LogP contribution in [0.2, 0.25) is 0 Å². The van der Waals surface area contributed by atoms with Crippen LogP contribution < -0.4 is 5.32 Å². The van der Waals surface area contributed by atoms with Gasteiger partial charge in [-0.1, -0.05) is 30.3 Å². The van der Waals surface area contributed by atoms with Gasteiger partial charge in [0.15, 0.2) is 5.76 Å². The van der Waals surface area contributed by atoms with Crippen LogP contribution in [-0.4, -0.2) is 23.0 Å². The fourth-order valence-corrected chi connectivity index (χ4v) is 2.23. The first-order chi connectivity index (χ1) is 10.5. The van der Waals surface area contributed by atoms with Gasteiger partial charge in [0.05, 0.1) is 0 Å². The molecule has 5 heteroatoms. The van der Waals surface area contributed by atoms with Crippen LogP contribution >= 0.6 is 0 Å². The van der Waals surface area contributed by atoms with E-state index in [9.17, 15) is 9.59 Å². The Bertz CT molecular complexity index is 633. The van der Waals surface area contributed by atoms with Crippen LogP contribution in [0.15, 0.2) is 46.9 Å². The van der Waals surface area contributed by atoms with E-state index >= 15 is 0 Å². The lowest BCUT2D eigenvalue weighted by molar-refractivity contribution is -0.137. The average Bonchev–Trinajstić information content (AvgIpc) is 2.92. The highest BCUT2D eigenvalue weighted by atomic mass is 16.4. The van der Waals surface area contributed by atoms with Crippen molar-refractivity contribution < 1.29 is 19.1 Å². The SMILES string of the molecule is Cc1ccc(C(=O)NC(CCC(=O)O)Cc2ccccc2)o1. The first-order valence-corrected chi connectivity index (χ1v) is 7.17. The first kappa shape index (κ1) is 15.8. The third-order valence-electron chi connectivity index (χ3n) is 3.33. The van der Waals surface area contributed by atoms with Crippen molar-refractivity contribution in [2.75, 3.05) is 0 Å². The number of benzene rings is 1. The van der Waals surface area contributed by atoms with E-state index in [0.29, 0.717) is 18.6 Å². The number of carboxylic acid groups (broad SMARTS) is 1. The predicted molar refractivity (Wildman–Crippen MR) is 81.7 cm³/mol. The molecule has 1 aromatic carbocycles. The molecule has 0 saturated carbocycles. The van der Waals surface area contributed by atoms with Gasteiger partial charge in [0.25, 0.3) is 5.91 Å². The predicted octanol–water partition coefficient (Wildman–Crippen LogP) is 2.79. The van der Waals surface area contributed by atoms with E-state index in [1.54, 1.807) is 19.1 Å². The van der Waals surface area contributed by atoms with Gasteiger partial charge in [0.2, 0.25) is 0 Å². The van der Waals surface area contributed by atoms with Crippen LogP contribution in [0.3, 0.4) is 0 Å². The second-order valence-electron chi connectivity index (χ2n) is 5.20. The Labute approximate surface area is 129 Å². The highest BCUT2D eigenvalue weighted by Crippen LogP contribution is 2.11. The summed E-state index contributed by atoms with van der Waals surface area (Å²) in [6.45, 7) is 1.77. The monoisotopic (exact) mass is 301 g/mol. The van der Waals surface area contributed by atoms with Gasteiger partial charge in [-0.25, -0.2) is 0 Å². The zero-order chi connectivity index (χ0) is 15.9. The molecule has 22 heavy (non-hydrogen) atoms. The van der Waals surface area contributed by atoms with E-state index in [1.807, 2.05) is 30.3 Å². The van der Waals surface area contributed by atoms with Gasteiger partial charge in [0.1, 0.15) is 5.76 Å². The lowest BCUT2D eigenvalue weighted by atomic mass is 10.0. The van der Waals surface area contributed by atoms with Gasteiger partial charge in [-0.3, -0.25) is 9.59 Å². The highest BCUT2D eigenvalue weighted by molar-refractivity contribution is 5.91.